The number of nitrogens with one attached hydrogen (secondary N) is 1. The van der Waals surface area contributed by atoms with Gasteiger partial charge in [-0.05, 0) is 72.7 Å². The lowest BCUT2D eigenvalue weighted by atomic mass is 10.1. The van der Waals surface area contributed by atoms with Crippen LogP contribution in [0.15, 0.2) is 70.7 Å². The van der Waals surface area contributed by atoms with Crippen LogP contribution in [0, 0.1) is 0 Å². The molecule has 0 aromatic heterocycles. The number of amides is 4. The Kier molecular flexibility index (Phi) is 7.98. The van der Waals surface area contributed by atoms with Gasteiger partial charge in [-0.2, -0.15) is 0 Å². The van der Waals surface area contributed by atoms with Gasteiger partial charge in [-0.3, -0.25) is 14.9 Å². The summed E-state index contributed by atoms with van der Waals surface area (Å²) < 4.78 is 12.1. The number of urea groups is 1. The lowest BCUT2D eigenvalue weighted by molar-refractivity contribution is -0.122. The molecule has 1 saturated heterocycles. The number of benzene rings is 3. The lowest BCUT2D eigenvalue weighted by Crippen LogP contribution is -2.54. The van der Waals surface area contributed by atoms with E-state index in [0.29, 0.717) is 17.9 Å². The molecule has 0 spiro atoms. The molecule has 3 aromatic rings. The molecule has 1 fully saturated rings. The quantitative estimate of drug-likeness (QED) is 0.255. The maximum Gasteiger partial charge on any atom is 0.335 e. The van der Waals surface area contributed by atoms with Gasteiger partial charge in [0.1, 0.15) is 17.9 Å². The van der Waals surface area contributed by atoms with Gasteiger partial charge in [0, 0.05) is 4.47 Å². The molecule has 1 aliphatic heterocycles. The van der Waals surface area contributed by atoms with Gasteiger partial charge in [0.15, 0.2) is 5.75 Å². The number of imide groups is 2. The molecule has 3 aromatic carbocycles. The second-order valence-corrected chi connectivity index (χ2v) is 9.34. The summed E-state index contributed by atoms with van der Waals surface area (Å²) in [5.41, 5.74) is 1.34. The Labute approximate surface area is 225 Å². The van der Waals surface area contributed by atoms with E-state index in [2.05, 4.69) is 21.2 Å². The molecule has 0 radical (unpaired) electrons. The van der Waals surface area contributed by atoms with E-state index in [1.807, 2.05) is 31.2 Å². The summed E-state index contributed by atoms with van der Waals surface area (Å²) in [5, 5.41) is 2.59. The summed E-state index contributed by atoms with van der Waals surface area (Å²) in [7, 11) is 0. The molecule has 7 nitrogen and oxygen atoms in total. The van der Waals surface area contributed by atoms with Gasteiger partial charge in [0.05, 0.1) is 22.3 Å². The average molecular weight is 590 g/mol. The highest BCUT2D eigenvalue weighted by Gasteiger charge is 2.36. The van der Waals surface area contributed by atoms with Crippen LogP contribution in [0.25, 0.3) is 6.08 Å². The average Bonchev–Trinajstić information content (AvgIpc) is 2.83. The van der Waals surface area contributed by atoms with E-state index >= 15 is 0 Å². The Hall–Kier alpha value is -3.33. The van der Waals surface area contributed by atoms with Crippen LogP contribution in [0.1, 0.15) is 18.1 Å². The predicted octanol–water partition coefficient (Wildman–Crippen LogP) is 6.40. The normalized spacial score (nSPS) is 14.7. The van der Waals surface area contributed by atoms with Crippen LogP contribution in [0.3, 0.4) is 0 Å². The van der Waals surface area contributed by atoms with Crippen LogP contribution in [-0.4, -0.2) is 24.5 Å². The zero-order chi connectivity index (χ0) is 25.8. The molecule has 4 rings (SSSR count). The van der Waals surface area contributed by atoms with Crippen molar-refractivity contribution in [3.8, 4) is 11.5 Å². The van der Waals surface area contributed by atoms with Crippen LogP contribution in [-0.2, 0) is 16.2 Å². The number of hydrogen-bond donors (Lipinski definition) is 1. The largest absolute Gasteiger partial charge is 0.494 e. The van der Waals surface area contributed by atoms with Gasteiger partial charge in [-0.15, -0.1) is 0 Å². The number of nitrogens with zero attached hydrogens (tertiary/aromatic N) is 1. The highest BCUT2D eigenvalue weighted by molar-refractivity contribution is 9.10. The first-order chi connectivity index (χ1) is 17.3. The zero-order valence-electron chi connectivity index (χ0n) is 18.9. The van der Waals surface area contributed by atoms with Crippen molar-refractivity contribution in [3.63, 3.8) is 0 Å². The fourth-order valence-corrected chi connectivity index (χ4v) is 4.33. The fraction of sp³-hybridized carbons (Fsp3) is 0.115. The first kappa shape index (κ1) is 25.8. The van der Waals surface area contributed by atoms with E-state index in [-0.39, 0.29) is 33.7 Å². The monoisotopic (exact) mass is 588 g/mol. The Bertz CT molecular complexity index is 1330. The van der Waals surface area contributed by atoms with Crippen LogP contribution in [0.4, 0.5) is 10.5 Å². The van der Waals surface area contributed by atoms with Crippen molar-refractivity contribution >= 4 is 68.7 Å². The predicted molar refractivity (Wildman–Crippen MR) is 142 cm³/mol. The number of carbonyl (C=O) groups is 3. The van der Waals surface area contributed by atoms with Gasteiger partial charge in [-0.1, -0.05) is 51.3 Å². The Morgan fingerprint density at radius 2 is 1.58 bits per heavy atom. The highest BCUT2D eigenvalue weighted by atomic mass is 79.9. The molecule has 0 bridgehead atoms. The standard InChI is InChI=1S/C26H19BrCl2N2O5/c1-2-35-19-9-7-18(8-10-19)31-25(33)20(24(32)30-26(31)34)11-16-12-21(28)23(22(29)13-16)36-14-15-3-5-17(27)6-4-15/h3-13H,2,14H2,1H3,(H,30,32,34)/b20-11+. The summed E-state index contributed by atoms with van der Waals surface area (Å²) in [4.78, 5) is 38.9. The first-order valence-corrected chi connectivity index (χ1v) is 12.3. The molecule has 1 heterocycles. The van der Waals surface area contributed by atoms with Crippen LogP contribution in [0.2, 0.25) is 10.0 Å². The van der Waals surface area contributed by atoms with Crippen molar-refractivity contribution in [2.45, 2.75) is 13.5 Å². The number of ether oxygens (including phenoxy) is 2. The zero-order valence-corrected chi connectivity index (χ0v) is 22.0. The Balaban J connectivity index is 1.58. The van der Waals surface area contributed by atoms with Gasteiger partial charge in [0.25, 0.3) is 11.8 Å². The molecule has 0 unspecified atom stereocenters. The minimum atomic E-state index is -0.848. The van der Waals surface area contributed by atoms with Crippen molar-refractivity contribution in [2.75, 3.05) is 11.5 Å². The fourth-order valence-electron chi connectivity index (χ4n) is 3.45. The van der Waals surface area contributed by atoms with Gasteiger partial charge in [0.2, 0.25) is 0 Å². The van der Waals surface area contributed by atoms with Crippen LogP contribution < -0.4 is 19.7 Å². The summed E-state index contributed by atoms with van der Waals surface area (Å²) in [6.45, 7) is 2.56. The van der Waals surface area contributed by atoms with Crippen molar-refractivity contribution in [1.29, 1.82) is 0 Å². The maximum absolute atomic E-state index is 13.1. The third-order valence-electron chi connectivity index (χ3n) is 5.14. The summed E-state index contributed by atoms with van der Waals surface area (Å²) in [5.74, 6) is -0.746. The van der Waals surface area contributed by atoms with Gasteiger partial charge < -0.3 is 9.47 Å². The highest BCUT2D eigenvalue weighted by Crippen LogP contribution is 2.36. The second kappa shape index (κ2) is 11.2. The third kappa shape index (κ3) is 5.73. The SMILES string of the molecule is CCOc1ccc(N2C(=O)NC(=O)/C(=C\c3cc(Cl)c(OCc4ccc(Br)cc4)c(Cl)c3)C2=O)cc1. The van der Waals surface area contributed by atoms with E-state index < -0.39 is 17.8 Å². The van der Waals surface area contributed by atoms with Crippen molar-refractivity contribution in [3.05, 3.63) is 91.9 Å². The molecule has 1 aliphatic rings. The number of barbiturate groups is 1. The molecule has 0 atom stereocenters. The van der Waals surface area contributed by atoms with Crippen molar-refractivity contribution in [2.24, 2.45) is 0 Å². The maximum atomic E-state index is 13.1. The van der Waals surface area contributed by atoms with E-state index in [0.717, 1.165) is 14.9 Å². The molecule has 0 saturated carbocycles. The third-order valence-corrected chi connectivity index (χ3v) is 6.23. The first-order valence-electron chi connectivity index (χ1n) is 10.8. The number of hydrogen-bond acceptors (Lipinski definition) is 5. The Morgan fingerprint density at radius 1 is 0.944 bits per heavy atom. The number of rotatable bonds is 7. The number of halogens is 3. The summed E-state index contributed by atoms with van der Waals surface area (Å²) in [6.07, 6.45) is 1.32. The molecule has 36 heavy (non-hydrogen) atoms. The van der Waals surface area contributed by atoms with Crippen LogP contribution in [0.5, 0.6) is 11.5 Å². The van der Waals surface area contributed by atoms with E-state index in [4.69, 9.17) is 32.7 Å². The summed E-state index contributed by atoms with van der Waals surface area (Å²) in [6, 6.07) is 16.2. The number of anilines is 1. The Morgan fingerprint density at radius 3 is 2.19 bits per heavy atom. The molecular formula is C26H19BrCl2N2O5. The van der Waals surface area contributed by atoms with E-state index in [1.54, 1.807) is 24.3 Å². The minimum Gasteiger partial charge on any atom is -0.494 e. The molecule has 4 amide bonds. The molecule has 0 aliphatic carbocycles. The van der Waals surface area contributed by atoms with Gasteiger partial charge >= 0.3 is 6.03 Å². The second-order valence-electron chi connectivity index (χ2n) is 7.61. The number of carbonyl (C=O) groups excluding carboxylic acids is 3. The smallest absolute Gasteiger partial charge is 0.335 e. The van der Waals surface area contributed by atoms with Crippen molar-refractivity contribution in [1.82, 2.24) is 5.32 Å². The summed E-state index contributed by atoms with van der Waals surface area (Å²) >= 11 is 16.2. The molecule has 10 heteroatoms. The van der Waals surface area contributed by atoms with E-state index in [1.165, 1.54) is 18.2 Å². The lowest BCUT2D eigenvalue weighted by Gasteiger charge is -2.26. The van der Waals surface area contributed by atoms with Crippen LogP contribution >= 0.6 is 39.1 Å². The molecular weight excluding hydrogens is 571 g/mol. The van der Waals surface area contributed by atoms with E-state index in [9.17, 15) is 14.4 Å². The van der Waals surface area contributed by atoms with Gasteiger partial charge in [-0.25, -0.2) is 9.69 Å². The molecule has 184 valence electrons. The molecule has 1 N–H and O–H groups in total. The van der Waals surface area contributed by atoms with Crippen molar-refractivity contribution < 1.29 is 23.9 Å². The topological polar surface area (TPSA) is 84.9 Å². The minimum absolute atomic E-state index is 0.203.